The van der Waals surface area contributed by atoms with Crippen LogP contribution >= 0.6 is 27.7 Å². The number of aromatic amines is 1. The summed E-state index contributed by atoms with van der Waals surface area (Å²) in [5.74, 6) is 1.56. The Labute approximate surface area is 131 Å². The largest absolute Gasteiger partial charge is 0.310 e. The number of benzene rings is 1. The van der Waals surface area contributed by atoms with Crippen molar-refractivity contribution in [1.82, 2.24) is 9.97 Å². The van der Waals surface area contributed by atoms with Gasteiger partial charge in [0, 0.05) is 20.6 Å². The van der Waals surface area contributed by atoms with Crippen LogP contribution in [0.15, 0.2) is 38.4 Å². The minimum absolute atomic E-state index is 0.0183. The Bertz CT molecular complexity index is 667. The van der Waals surface area contributed by atoms with Gasteiger partial charge in [-0.3, -0.25) is 4.79 Å². The van der Waals surface area contributed by atoms with E-state index in [-0.39, 0.29) is 11.5 Å². The summed E-state index contributed by atoms with van der Waals surface area (Å²) in [6, 6.07) is 8.03. The van der Waals surface area contributed by atoms with Crippen molar-refractivity contribution >= 4 is 27.7 Å². The van der Waals surface area contributed by atoms with Crippen LogP contribution in [0.4, 0.5) is 0 Å². The van der Waals surface area contributed by atoms with Crippen LogP contribution < -0.4 is 5.56 Å². The van der Waals surface area contributed by atoms with Gasteiger partial charge >= 0.3 is 0 Å². The molecule has 0 aliphatic heterocycles. The minimum atomic E-state index is -0.0183. The second kappa shape index (κ2) is 6.59. The Hall–Kier alpha value is -1.07. The molecule has 1 aromatic carbocycles. The molecule has 0 bridgehead atoms. The van der Waals surface area contributed by atoms with Gasteiger partial charge < -0.3 is 4.98 Å². The fraction of sp³-hybridized carbons (Fsp3) is 0.333. The Morgan fingerprint density at radius 3 is 2.65 bits per heavy atom. The molecule has 5 heteroatoms. The molecule has 0 saturated carbocycles. The van der Waals surface area contributed by atoms with E-state index in [2.05, 4.69) is 25.9 Å². The molecule has 2 aromatic rings. The maximum atomic E-state index is 12.1. The van der Waals surface area contributed by atoms with Gasteiger partial charge in [-0.1, -0.05) is 26.0 Å². The zero-order valence-corrected chi connectivity index (χ0v) is 14.1. The van der Waals surface area contributed by atoms with Crippen LogP contribution in [0.5, 0.6) is 0 Å². The molecule has 1 aromatic heterocycles. The summed E-state index contributed by atoms with van der Waals surface area (Å²) in [6.45, 7) is 5.92. The van der Waals surface area contributed by atoms with Gasteiger partial charge in [-0.2, -0.15) is 0 Å². The molecule has 0 aliphatic rings. The van der Waals surface area contributed by atoms with Crippen molar-refractivity contribution in [2.24, 2.45) is 0 Å². The number of hydrogen-bond acceptors (Lipinski definition) is 3. The van der Waals surface area contributed by atoms with Gasteiger partial charge in [0.1, 0.15) is 5.82 Å². The lowest BCUT2D eigenvalue weighted by Crippen LogP contribution is -2.19. The highest BCUT2D eigenvalue weighted by Crippen LogP contribution is 2.28. The molecule has 2 rings (SSSR count). The number of aryl methyl sites for hydroxylation is 1. The number of thioether (sulfide) groups is 1. The topological polar surface area (TPSA) is 45.8 Å². The highest BCUT2D eigenvalue weighted by Gasteiger charge is 2.11. The predicted octanol–water partition coefficient (Wildman–Crippen LogP) is 4.26. The normalized spacial score (nSPS) is 11.1. The van der Waals surface area contributed by atoms with Crippen molar-refractivity contribution < 1.29 is 0 Å². The Morgan fingerprint density at radius 2 is 2.05 bits per heavy atom. The van der Waals surface area contributed by atoms with E-state index >= 15 is 0 Å². The number of aromatic nitrogens is 2. The molecule has 0 fully saturated rings. The molecular formula is C15H17BrN2OS. The molecule has 0 spiro atoms. The summed E-state index contributed by atoms with van der Waals surface area (Å²) in [5.41, 5.74) is 1.58. The lowest BCUT2D eigenvalue weighted by Gasteiger charge is -2.10. The molecule has 106 valence electrons. The lowest BCUT2D eigenvalue weighted by atomic mass is 10.0. The summed E-state index contributed by atoms with van der Waals surface area (Å²) >= 11 is 5.17. The Kier molecular flexibility index (Phi) is 5.05. The third-order valence-corrected chi connectivity index (χ3v) is 5.01. The van der Waals surface area contributed by atoms with Crippen molar-refractivity contribution in [1.29, 1.82) is 0 Å². The quantitative estimate of drug-likeness (QED) is 0.836. The molecular weight excluding hydrogens is 336 g/mol. The van der Waals surface area contributed by atoms with Crippen LogP contribution in [0.2, 0.25) is 0 Å². The van der Waals surface area contributed by atoms with E-state index in [0.717, 1.165) is 26.4 Å². The van der Waals surface area contributed by atoms with E-state index < -0.39 is 0 Å². The van der Waals surface area contributed by atoms with Crippen LogP contribution in [0.3, 0.4) is 0 Å². The third-order valence-electron chi connectivity index (χ3n) is 2.97. The zero-order chi connectivity index (χ0) is 14.7. The lowest BCUT2D eigenvalue weighted by molar-refractivity contribution is 0.799. The van der Waals surface area contributed by atoms with E-state index in [9.17, 15) is 4.79 Å². The number of halogens is 1. The van der Waals surface area contributed by atoms with Crippen molar-refractivity contribution in [2.45, 2.75) is 37.3 Å². The fourth-order valence-corrected chi connectivity index (χ4v) is 3.55. The molecule has 20 heavy (non-hydrogen) atoms. The first-order chi connectivity index (χ1) is 9.49. The SMILES string of the molecule is Cc1nc(CSc2ccccc2Br)[nH]c(=O)c1C(C)C. The first-order valence-corrected chi connectivity index (χ1v) is 8.24. The number of H-pyrrole nitrogens is 1. The summed E-state index contributed by atoms with van der Waals surface area (Å²) < 4.78 is 1.06. The average molecular weight is 353 g/mol. The molecule has 1 heterocycles. The molecule has 0 atom stereocenters. The highest BCUT2D eigenvalue weighted by molar-refractivity contribution is 9.10. The summed E-state index contributed by atoms with van der Waals surface area (Å²) in [4.78, 5) is 20.6. The molecule has 0 unspecified atom stereocenters. The van der Waals surface area contributed by atoms with Crippen LogP contribution in [-0.4, -0.2) is 9.97 Å². The molecule has 0 saturated heterocycles. The van der Waals surface area contributed by atoms with Crippen LogP contribution in [-0.2, 0) is 5.75 Å². The first kappa shape index (κ1) is 15.3. The van der Waals surface area contributed by atoms with Gasteiger partial charge in [-0.05, 0) is 40.9 Å². The van der Waals surface area contributed by atoms with E-state index in [4.69, 9.17) is 0 Å². The number of nitrogens with zero attached hydrogens (tertiary/aromatic N) is 1. The summed E-state index contributed by atoms with van der Waals surface area (Å²) in [6.07, 6.45) is 0. The predicted molar refractivity (Wildman–Crippen MR) is 87.4 cm³/mol. The number of nitrogens with one attached hydrogen (secondary N) is 1. The fourth-order valence-electron chi connectivity index (χ4n) is 2.11. The van der Waals surface area contributed by atoms with Gasteiger partial charge in [0.25, 0.3) is 5.56 Å². The number of rotatable bonds is 4. The summed E-state index contributed by atoms with van der Waals surface area (Å²) in [7, 11) is 0. The van der Waals surface area contributed by atoms with Gasteiger partial charge in [0.05, 0.1) is 5.75 Å². The minimum Gasteiger partial charge on any atom is -0.310 e. The molecule has 1 N–H and O–H groups in total. The monoisotopic (exact) mass is 352 g/mol. The Morgan fingerprint density at radius 1 is 1.35 bits per heavy atom. The average Bonchev–Trinajstić information content (AvgIpc) is 2.36. The van der Waals surface area contributed by atoms with E-state index in [0.29, 0.717) is 5.75 Å². The second-order valence-electron chi connectivity index (χ2n) is 4.89. The van der Waals surface area contributed by atoms with Gasteiger partial charge in [-0.15, -0.1) is 11.8 Å². The van der Waals surface area contributed by atoms with Crippen molar-refractivity contribution in [3.63, 3.8) is 0 Å². The van der Waals surface area contributed by atoms with E-state index in [1.807, 2.05) is 45.0 Å². The molecule has 0 amide bonds. The van der Waals surface area contributed by atoms with Gasteiger partial charge in [0.15, 0.2) is 0 Å². The maximum Gasteiger partial charge on any atom is 0.254 e. The van der Waals surface area contributed by atoms with E-state index in [1.54, 1.807) is 11.8 Å². The van der Waals surface area contributed by atoms with Crippen molar-refractivity contribution in [3.05, 3.63) is 56.2 Å². The first-order valence-electron chi connectivity index (χ1n) is 6.46. The van der Waals surface area contributed by atoms with Crippen molar-refractivity contribution in [2.75, 3.05) is 0 Å². The third kappa shape index (κ3) is 3.52. The van der Waals surface area contributed by atoms with Gasteiger partial charge in [-0.25, -0.2) is 4.98 Å². The second-order valence-corrected chi connectivity index (χ2v) is 6.76. The summed E-state index contributed by atoms with van der Waals surface area (Å²) in [5, 5.41) is 0. The standard InChI is InChI=1S/C15H17BrN2OS/c1-9(2)14-10(3)17-13(18-15(14)19)8-20-12-7-5-4-6-11(12)16/h4-7,9H,8H2,1-3H3,(H,17,18,19). The maximum absolute atomic E-state index is 12.1. The number of hydrogen-bond donors (Lipinski definition) is 1. The molecule has 3 nitrogen and oxygen atoms in total. The van der Waals surface area contributed by atoms with Crippen LogP contribution in [0, 0.1) is 6.92 Å². The molecule has 0 radical (unpaired) electrons. The van der Waals surface area contributed by atoms with Gasteiger partial charge in [0.2, 0.25) is 0 Å². The highest BCUT2D eigenvalue weighted by atomic mass is 79.9. The zero-order valence-electron chi connectivity index (χ0n) is 11.7. The van der Waals surface area contributed by atoms with Crippen LogP contribution in [0.1, 0.15) is 36.8 Å². The van der Waals surface area contributed by atoms with E-state index in [1.165, 1.54) is 0 Å². The van der Waals surface area contributed by atoms with Crippen LogP contribution in [0.25, 0.3) is 0 Å². The molecule has 0 aliphatic carbocycles. The smallest absolute Gasteiger partial charge is 0.254 e. The Balaban J connectivity index is 2.20. The van der Waals surface area contributed by atoms with Crippen molar-refractivity contribution in [3.8, 4) is 0 Å².